The highest BCUT2D eigenvalue weighted by atomic mass is 19.4. The fourth-order valence-corrected chi connectivity index (χ4v) is 3.95. The lowest BCUT2D eigenvalue weighted by molar-refractivity contribution is -0.192. The van der Waals surface area contributed by atoms with Crippen molar-refractivity contribution in [1.29, 1.82) is 0 Å². The highest BCUT2D eigenvalue weighted by Gasteiger charge is 2.51. The number of para-hydroxylation sites is 1. The van der Waals surface area contributed by atoms with Crippen molar-refractivity contribution in [2.45, 2.75) is 11.9 Å². The summed E-state index contributed by atoms with van der Waals surface area (Å²) in [5, 5.41) is 30.1. The number of aromatic amines is 1. The third-order valence-electron chi connectivity index (χ3n) is 5.51. The van der Waals surface area contributed by atoms with Crippen LogP contribution in [0, 0.1) is 5.82 Å². The molecule has 38 heavy (non-hydrogen) atoms. The van der Waals surface area contributed by atoms with Gasteiger partial charge in [-0.3, -0.25) is 15.0 Å². The van der Waals surface area contributed by atoms with Crippen LogP contribution in [0.15, 0.2) is 66.7 Å². The number of fused-ring (bicyclic) bond motifs is 2. The number of nitrogens with one attached hydrogen (secondary N) is 2. The van der Waals surface area contributed by atoms with Gasteiger partial charge in [0.15, 0.2) is 5.72 Å². The van der Waals surface area contributed by atoms with Gasteiger partial charge in [-0.15, -0.1) is 0 Å². The van der Waals surface area contributed by atoms with Crippen LogP contribution in [0.3, 0.4) is 0 Å². The minimum Gasteiger partial charge on any atom is -0.475 e. The first-order valence-electron chi connectivity index (χ1n) is 10.5. The lowest BCUT2D eigenvalue weighted by atomic mass is 9.93. The molecule has 1 aliphatic rings. The van der Waals surface area contributed by atoms with Gasteiger partial charge >= 0.3 is 18.2 Å². The number of carboxylic acid groups (broad SMARTS) is 2. The molecule has 1 aromatic heterocycles. The summed E-state index contributed by atoms with van der Waals surface area (Å²) in [6.45, 7) is 0. The molecule has 14 heteroatoms. The number of alkyl halides is 3. The van der Waals surface area contributed by atoms with E-state index < -0.39 is 35.7 Å². The number of hydrogen-bond donors (Lipinski definition) is 5. The van der Waals surface area contributed by atoms with E-state index in [-0.39, 0.29) is 22.8 Å². The first-order valence-corrected chi connectivity index (χ1v) is 10.5. The third kappa shape index (κ3) is 4.59. The molecule has 0 saturated heterocycles. The molecule has 0 bridgehead atoms. The number of carbonyl (C=O) groups is 3. The number of H-pyrrole nitrogens is 1. The van der Waals surface area contributed by atoms with Crippen LogP contribution >= 0.6 is 0 Å². The second-order valence-corrected chi connectivity index (χ2v) is 7.86. The number of carboxylic acids is 1. The molecule has 1 atom stereocenters. The van der Waals surface area contributed by atoms with E-state index in [4.69, 9.17) is 15.0 Å². The van der Waals surface area contributed by atoms with Crippen molar-refractivity contribution in [2.75, 3.05) is 10.2 Å². The monoisotopic (exact) mass is 532 g/mol. The maximum atomic E-state index is 14.7. The SMILES string of the molecule is O=C(O)C(F)(F)F.O=C(O)Nc1nc2ccc(C3(O)c4ccccc4C(=O)N3c3ccccc3F)cc2[nH]1. The van der Waals surface area contributed by atoms with E-state index in [1.165, 1.54) is 18.2 Å². The molecule has 1 aliphatic heterocycles. The number of benzene rings is 3. The van der Waals surface area contributed by atoms with Gasteiger partial charge in [0.05, 0.1) is 16.7 Å². The van der Waals surface area contributed by atoms with Gasteiger partial charge in [0.25, 0.3) is 5.91 Å². The summed E-state index contributed by atoms with van der Waals surface area (Å²) >= 11 is 0. The molecule has 2 amide bonds. The van der Waals surface area contributed by atoms with Gasteiger partial charge in [-0.05, 0) is 30.3 Å². The lowest BCUT2D eigenvalue weighted by Crippen LogP contribution is -2.45. The number of rotatable bonds is 3. The molecule has 196 valence electrons. The number of aliphatic carboxylic acids is 1. The Bertz CT molecular complexity index is 1570. The summed E-state index contributed by atoms with van der Waals surface area (Å²) in [6.07, 6.45) is -6.36. The molecule has 10 nitrogen and oxygen atoms in total. The van der Waals surface area contributed by atoms with E-state index in [1.54, 1.807) is 48.5 Å². The number of hydrogen-bond acceptors (Lipinski definition) is 5. The van der Waals surface area contributed by atoms with Crippen LogP contribution in [-0.2, 0) is 10.5 Å². The van der Waals surface area contributed by atoms with Crippen molar-refractivity contribution in [3.63, 3.8) is 0 Å². The Balaban J connectivity index is 0.000000426. The standard InChI is InChI=1S/C22H15FN4O4.C2HF3O2/c23-15-7-3-4-8-18(15)27-19(28)13-5-1-2-6-14(13)22(27,31)12-9-10-16-17(11-12)25-20(24-16)26-21(29)30;3-2(4,5)1(6)7/h1-11,31H,(H,29,30)(H2,24,25,26);(H,6,7). The summed E-state index contributed by atoms with van der Waals surface area (Å²) in [6, 6.07) is 17.0. The van der Waals surface area contributed by atoms with E-state index in [9.17, 15) is 32.3 Å². The number of halogens is 4. The van der Waals surface area contributed by atoms with Gasteiger partial charge in [-0.1, -0.05) is 36.4 Å². The molecule has 2 heterocycles. The van der Waals surface area contributed by atoms with Crippen molar-refractivity contribution >= 4 is 40.6 Å². The smallest absolute Gasteiger partial charge is 0.475 e. The maximum Gasteiger partial charge on any atom is 0.490 e. The zero-order chi connectivity index (χ0) is 27.8. The molecule has 5 N–H and O–H groups in total. The molecule has 1 unspecified atom stereocenters. The van der Waals surface area contributed by atoms with E-state index >= 15 is 0 Å². The quantitative estimate of drug-likeness (QED) is 0.247. The summed E-state index contributed by atoms with van der Waals surface area (Å²) in [7, 11) is 0. The lowest BCUT2D eigenvalue weighted by Gasteiger charge is -2.35. The molecule has 3 aromatic carbocycles. The normalized spacial score (nSPS) is 16.6. The first-order chi connectivity index (χ1) is 17.8. The highest BCUT2D eigenvalue weighted by molar-refractivity contribution is 6.12. The predicted molar refractivity (Wildman–Crippen MR) is 124 cm³/mol. The van der Waals surface area contributed by atoms with Crippen LogP contribution in [0.5, 0.6) is 0 Å². The Morgan fingerprint density at radius 3 is 2.26 bits per heavy atom. The zero-order valence-corrected chi connectivity index (χ0v) is 18.8. The Hall–Kier alpha value is -4.98. The van der Waals surface area contributed by atoms with E-state index in [0.717, 1.165) is 4.90 Å². The van der Waals surface area contributed by atoms with Crippen molar-refractivity contribution in [1.82, 2.24) is 9.97 Å². The van der Waals surface area contributed by atoms with Crippen LogP contribution < -0.4 is 10.2 Å². The van der Waals surface area contributed by atoms with E-state index in [1.807, 2.05) is 0 Å². The number of carbonyl (C=O) groups excluding carboxylic acids is 1. The Morgan fingerprint density at radius 1 is 1.00 bits per heavy atom. The van der Waals surface area contributed by atoms with Gasteiger partial charge in [-0.2, -0.15) is 13.2 Å². The number of aliphatic hydroxyl groups is 1. The summed E-state index contributed by atoms with van der Waals surface area (Å²) < 4.78 is 46.4. The number of aromatic nitrogens is 2. The molecular formula is C24H16F4N4O6. The average Bonchev–Trinajstić information content (AvgIpc) is 3.35. The fourth-order valence-electron chi connectivity index (χ4n) is 3.95. The van der Waals surface area contributed by atoms with Gasteiger partial charge in [0, 0.05) is 16.7 Å². The molecule has 0 saturated carbocycles. The van der Waals surface area contributed by atoms with Crippen LogP contribution in [-0.4, -0.2) is 49.4 Å². The molecule has 5 rings (SSSR count). The van der Waals surface area contributed by atoms with Crippen LogP contribution in [0.1, 0.15) is 21.5 Å². The number of amides is 2. The van der Waals surface area contributed by atoms with Gasteiger partial charge in [0.1, 0.15) is 5.82 Å². The van der Waals surface area contributed by atoms with Crippen molar-refractivity contribution in [2.24, 2.45) is 0 Å². The summed E-state index contributed by atoms with van der Waals surface area (Å²) in [4.78, 5) is 41.0. The van der Waals surface area contributed by atoms with Crippen molar-refractivity contribution in [3.8, 4) is 0 Å². The van der Waals surface area contributed by atoms with E-state index in [0.29, 0.717) is 16.6 Å². The minimum absolute atomic E-state index is 0.0144. The first kappa shape index (κ1) is 26.1. The van der Waals surface area contributed by atoms with Crippen LogP contribution in [0.2, 0.25) is 0 Å². The maximum absolute atomic E-state index is 14.7. The molecule has 0 aliphatic carbocycles. The fraction of sp³-hybridized carbons (Fsp3) is 0.0833. The topological polar surface area (TPSA) is 156 Å². The second-order valence-electron chi connectivity index (χ2n) is 7.86. The van der Waals surface area contributed by atoms with Crippen molar-refractivity contribution < 1.29 is 47.3 Å². The molecule has 0 spiro atoms. The highest BCUT2D eigenvalue weighted by Crippen LogP contribution is 2.45. The van der Waals surface area contributed by atoms with Gasteiger partial charge < -0.3 is 20.3 Å². The van der Waals surface area contributed by atoms with E-state index in [2.05, 4.69) is 15.3 Å². The van der Waals surface area contributed by atoms with Gasteiger partial charge in [-0.25, -0.2) is 19.0 Å². The van der Waals surface area contributed by atoms with Crippen LogP contribution in [0.25, 0.3) is 11.0 Å². The van der Waals surface area contributed by atoms with Crippen LogP contribution in [0.4, 0.5) is 34.0 Å². The largest absolute Gasteiger partial charge is 0.490 e. The molecule has 0 fully saturated rings. The Labute approximate surface area is 209 Å². The predicted octanol–water partition coefficient (Wildman–Crippen LogP) is 4.28. The molecule has 0 radical (unpaired) electrons. The number of imidazole rings is 1. The Kier molecular flexibility index (Phi) is 6.51. The van der Waals surface area contributed by atoms with Crippen molar-refractivity contribution in [3.05, 3.63) is 89.2 Å². The zero-order valence-electron chi connectivity index (χ0n) is 18.8. The number of anilines is 2. The minimum atomic E-state index is -5.08. The average molecular weight is 532 g/mol. The summed E-state index contributed by atoms with van der Waals surface area (Å²) in [5.74, 6) is -3.94. The number of nitrogens with zero attached hydrogens (tertiary/aromatic N) is 2. The third-order valence-corrected chi connectivity index (χ3v) is 5.51. The summed E-state index contributed by atoms with van der Waals surface area (Å²) in [5.41, 5.74) is -0.324. The molecular weight excluding hydrogens is 516 g/mol. The second kappa shape index (κ2) is 9.48. The van der Waals surface area contributed by atoms with Gasteiger partial charge in [0.2, 0.25) is 5.95 Å². The Morgan fingerprint density at radius 2 is 1.63 bits per heavy atom. The molecule has 4 aromatic rings.